The summed E-state index contributed by atoms with van der Waals surface area (Å²) in [5, 5.41) is 10.1. The number of sulfonamides is 1. The van der Waals surface area contributed by atoms with Gasteiger partial charge in [0.2, 0.25) is 10.0 Å². The Bertz CT molecular complexity index is 928. The molecule has 9 heteroatoms. The highest BCUT2D eigenvalue weighted by molar-refractivity contribution is 7.89. The number of hydrogen-bond acceptors (Lipinski definition) is 6. The molecule has 1 heterocycles. The summed E-state index contributed by atoms with van der Waals surface area (Å²) < 4.78 is 32.5. The average molecular weight is 453 g/mol. The van der Waals surface area contributed by atoms with Crippen LogP contribution >= 0.6 is 0 Å². The second-order valence-corrected chi connectivity index (χ2v) is 10.5. The number of rotatable bonds is 9. The van der Waals surface area contributed by atoms with Gasteiger partial charge in [0.1, 0.15) is 6.04 Å². The number of nitrogens with zero attached hydrogens (tertiary/aromatic N) is 2. The molecule has 2 atom stereocenters. The minimum atomic E-state index is -4.00. The molecule has 0 bridgehead atoms. The molecule has 2 fully saturated rings. The number of benzene rings is 1. The highest BCUT2D eigenvalue weighted by Crippen LogP contribution is 2.30. The first-order chi connectivity index (χ1) is 14.6. The highest BCUT2D eigenvalue weighted by atomic mass is 32.2. The summed E-state index contributed by atoms with van der Waals surface area (Å²) in [4.78, 5) is 27.0. The van der Waals surface area contributed by atoms with Crippen molar-refractivity contribution in [3.8, 4) is 0 Å². The molecule has 1 saturated carbocycles. The Labute approximate surface area is 184 Å². The molecule has 0 unspecified atom stereocenters. The Balaban J connectivity index is 1.68. The van der Waals surface area contributed by atoms with Gasteiger partial charge in [-0.15, -0.1) is 0 Å². The minimum absolute atomic E-state index is 0.0577. The lowest BCUT2D eigenvalue weighted by Gasteiger charge is -2.24. The maximum Gasteiger partial charge on any atom is 0.325 e. The van der Waals surface area contributed by atoms with Crippen LogP contribution in [0.15, 0.2) is 23.1 Å². The van der Waals surface area contributed by atoms with Crippen molar-refractivity contribution in [3.63, 3.8) is 0 Å². The van der Waals surface area contributed by atoms with Crippen molar-refractivity contribution in [2.75, 3.05) is 26.2 Å². The van der Waals surface area contributed by atoms with Crippen LogP contribution in [0.2, 0.25) is 0 Å². The summed E-state index contributed by atoms with van der Waals surface area (Å²) in [5.41, 5.74) is 1.77. The Morgan fingerprint density at radius 3 is 2.55 bits per heavy atom. The standard InChI is InChI=1S/C22H32N2O6S/c1-4-9-23(12-17-6-7-17)21(26)14-30-22(27)20-11-18(25)13-24(20)31(28,29)19-8-5-15(2)16(3)10-19/h5,8,10,17-18,20,25H,4,6-7,9,11-14H2,1-3H3/t18-,20+/m1/s1. The fourth-order valence-electron chi connectivity index (χ4n) is 3.79. The van der Waals surface area contributed by atoms with Crippen LogP contribution in [0.5, 0.6) is 0 Å². The summed E-state index contributed by atoms with van der Waals surface area (Å²) in [6, 6.07) is 3.61. The SMILES string of the molecule is CCCN(CC1CC1)C(=O)COC(=O)[C@@H]1C[C@@H](O)CN1S(=O)(=O)c1ccc(C)c(C)c1. The largest absolute Gasteiger partial charge is 0.454 e. The fourth-order valence-corrected chi connectivity index (χ4v) is 5.51. The van der Waals surface area contributed by atoms with Crippen LogP contribution in [-0.2, 0) is 24.3 Å². The smallest absolute Gasteiger partial charge is 0.325 e. The van der Waals surface area contributed by atoms with Gasteiger partial charge in [0, 0.05) is 26.1 Å². The number of ether oxygens (including phenoxy) is 1. The van der Waals surface area contributed by atoms with Gasteiger partial charge in [0.25, 0.3) is 5.91 Å². The van der Waals surface area contributed by atoms with Crippen molar-refractivity contribution in [2.45, 2.75) is 63.5 Å². The van der Waals surface area contributed by atoms with E-state index in [0.29, 0.717) is 19.0 Å². The zero-order valence-corrected chi connectivity index (χ0v) is 19.2. The third kappa shape index (κ3) is 5.64. The molecule has 1 saturated heterocycles. The molecule has 0 radical (unpaired) electrons. The Hall–Kier alpha value is -1.97. The van der Waals surface area contributed by atoms with Crippen molar-refractivity contribution in [2.24, 2.45) is 5.92 Å². The van der Waals surface area contributed by atoms with Crippen LogP contribution in [0.3, 0.4) is 0 Å². The van der Waals surface area contributed by atoms with Gasteiger partial charge in [-0.3, -0.25) is 9.59 Å². The molecule has 1 N–H and O–H groups in total. The second-order valence-electron chi connectivity index (χ2n) is 8.62. The zero-order valence-electron chi connectivity index (χ0n) is 18.4. The third-order valence-electron chi connectivity index (χ3n) is 5.95. The molecule has 1 aromatic carbocycles. The number of β-amino-alcohol motifs (C(OH)–C–C–N with tert-alkyl or cyclic N) is 1. The zero-order chi connectivity index (χ0) is 22.8. The summed E-state index contributed by atoms with van der Waals surface area (Å²) in [7, 11) is -4.00. The third-order valence-corrected chi connectivity index (χ3v) is 7.82. The van der Waals surface area contributed by atoms with Gasteiger partial charge in [0.15, 0.2) is 6.61 Å². The maximum absolute atomic E-state index is 13.2. The number of hydrogen-bond donors (Lipinski definition) is 1. The van der Waals surface area contributed by atoms with Crippen molar-refractivity contribution in [1.29, 1.82) is 0 Å². The van der Waals surface area contributed by atoms with Crippen LogP contribution in [0.1, 0.15) is 43.7 Å². The summed E-state index contributed by atoms with van der Waals surface area (Å²) in [6.45, 7) is 6.33. The molecule has 1 aliphatic heterocycles. The van der Waals surface area contributed by atoms with Crippen molar-refractivity contribution in [1.82, 2.24) is 9.21 Å². The molecule has 0 aromatic heterocycles. The quantitative estimate of drug-likeness (QED) is 0.571. The lowest BCUT2D eigenvalue weighted by Crippen LogP contribution is -2.43. The number of aliphatic hydroxyl groups excluding tert-OH is 1. The summed E-state index contributed by atoms with van der Waals surface area (Å²) >= 11 is 0. The fraction of sp³-hybridized carbons (Fsp3) is 0.636. The van der Waals surface area contributed by atoms with Gasteiger partial charge >= 0.3 is 5.97 Å². The normalized spacial score (nSPS) is 21.8. The molecule has 0 spiro atoms. The van der Waals surface area contributed by atoms with Gasteiger partial charge < -0.3 is 14.7 Å². The van der Waals surface area contributed by atoms with Gasteiger partial charge in [-0.1, -0.05) is 13.0 Å². The molecule has 8 nitrogen and oxygen atoms in total. The predicted molar refractivity (Wildman–Crippen MR) is 115 cm³/mol. The van der Waals surface area contributed by atoms with Crippen LogP contribution in [0.25, 0.3) is 0 Å². The highest BCUT2D eigenvalue weighted by Gasteiger charge is 2.44. The minimum Gasteiger partial charge on any atom is -0.454 e. The van der Waals surface area contributed by atoms with Gasteiger partial charge in [-0.05, 0) is 62.3 Å². The number of aryl methyl sites for hydroxylation is 2. The van der Waals surface area contributed by atoms with E-state index in [1.165, 1.54) is 6.07 Å². The molecule has 2 aliphatic rings. The van der Waals surface area contributed by atoms with Crippen LogP contribution in [0, 0.1) is 19.8 Å². The molecule has 3 rings (SSSR count). The van der Waals surface area contributed by atoms with Gasteiger partial charge in [-0.25, -0.2) is 8.42 Å². The van der Waals surface area contributed by atoms with Crippen molar-refractivity contribution < 1.29 is 27.9 Å². The van der Waals surface area contributed by atoms with Crippen molar-refractivity contribution >= 4 is 21.9 Å². The first-order valence-corrected chi connectivity index (χ1v) is 12.3. The van der Waals surface area contributed by atoms with Gasteiger partial charge in [0.05, 0.1) is 11.0 Å². The lowest BCUT2D eigenvalue weighted by molar-refractivity contribution is -0.154. The number of amides is 1. The van der Waals surface area contributed by atoms with E-state index in [-0.39, 0.29) is 23.8 Å². The second kappa shape index (κ2) is 9.67. The molecular weight excluding hydrogens is 420 g/mol. The van der Waals surface area contributed by atoms with E-state index in [9.17, 15) is 23.1 Å². The number of carbonyl (C=O) groups is 2. The Kier molecular flexibility index (Phi) is 7.39. The molecule has 31 heavy (non-hydrogen) atoms. The van der Waals surface area contributed by atoms with E-state index < -0.39 is 34.7 Å². The van der Waals surface area contributed by atoms with Crippen LogP contribution in [-0.4, -0.2) is 73.0 Å². The number of aliphatic hydroxyl groups is 1. The molecule has 1 amide bonds. The topological polar surface area (TPSA) is 104 Å². The summed E-state index contributed by atoms with van der Waals surface area (Å²) in [5.74, 6) is -0.556. The lowest BCUT2D eigenvalue weighted by atomic mass is 10.1. The van der Waals surface area contributed by atoms with E-state index in [1.54, 1.807) is 17.0 Å². The van der Waals surface area contributed by atoms with Crippen LogP contribution in [0.4, 0.5) is 0 Å². The molecule has 1 aliphatic carbocycles. The predicted octanol–water partition coefficient (Wildman–Crippen LogP) is 1.62. The Morgan fingerprint density at radius 1 is 1.23 bits per heavy atom. The average Bonchev–Trinajstić information content (AvgIpc) is 3.45. The number of carbonyl (C=O) groups excluding carboxylic acids is 2. The molecular formula is C22H32N2O6S. The molecule has 172 valence electrons. The van der Waals surface area contributed by atoms with E-state index >= 15 is 0 Å². The van der Waals surface area contributed by atoms with Crippen molar-refractivity contribution in [3.05, 3.63) is 29.3 Å². The van der Waals surface area contributed by atoms with E-state index in [2.05, 4.69) is 0 Å². The first kappa shape index (κ1) is 23.7. The van der Waals surface area contributed by atoms with E-state index in [4.69, 9.17) is 4.74 Å². The molecule has 1 aromatic rings. The van der Waals surface area contributed by atoms with E-state index in [0.717, 1.165) is 34.7 Å². The Morgan fingerprint density at radius 2 is 1.94 bits per heavy atom. The number of esters is 1. The summed E-state index contributed by atoms with van der Waals surface area (Å²) in [6.07, 6.45) is 2.00. The van der Waals surface area contributed by atoms with E-state index in [1.807, 2.05) is 20.8 Å². The monoisotopic (exact) mass is 452 g/mol. The van der Waals surface area contributed by atoms with Crippen LogP contribution < -0.4 is 0 Å². The maximum atomic E-state index is 13.2. The first-order valence-electron chi connectivity index (χ1n) is 10.8. The van der Waals surface area contributed by atoms with Gasteiger partial charge in [-0.2, -0.15) is 4.31 Å².